The maximum Gasteiger partial charge on any atom is 0.416 e. The predicted octanol–water partition coefficient (Wildman–Crippen LogP) is 2.66. The molecule has 0 amide bonds. The van der Waals surface area contributed by atoms with Crippen molar-refractivity contribution in [2.75, 3.05) is 0 Å². The van der Waals surface area contributed by atoms with Gasteiger partial charge in [0.2, 0.25) is 5.88 Å². The summed E-state index contributed by atoms with van der Waals surface area (Å²) in [6, 6.07) is 3.70. The van der Waals surface area contributed by atoms with Crippen LogP contribution in [-0.4, -0.2) is 15.2 Å². The largest absolute Gasteiger partial charge is 0.507 e. The molecule has 16 heavy (non-hydrogen) atoms. The molecule has 2 aromatic rings. The van der Waals surface area contributed by atoms with Crippen molar-refractivity contribution in [3.05, 3.63) is 29.8 Å². The smallest absolute Gasteiger partial charge is 0.416 e. The Kier molecular flexibility index (Phi) is 2.15. The Morgan fingerprint density at radius 1 is 1.06 bits per heavy atom. The molecule has 0 spiro atoms. The molecule has 1 aromatic carbocycles. The molecular formula is C10H6F3NO2. The minimum Gasteiger partial charge on any atom is -0.507 e. The third-order valence-electron chi connectivity index (χ3n) is 2.10. The Hall–Kier alpha value is -1.98. The van der Waals surface area contributed by atoms with Crippen molar-refractivity contribution >= 4 is 10.9 Å². The minimum atomic E-state index is -4.48. The zero-order valence-corrected chi connectivity index (χ0v) is 7.78. The van der Waals surface area contributed by atoms with Crippen LogP contribution in [0.1, 0.15) is 5.56 Å². The van der Waals surface area contributed by atoms with E-state index in [1.54, 1.807) is 0 Å². The standard InChI is InChI=1S/C10H6F3NO2/c11-10(12,13)5-1-2-6-7(3-5)14-9(16)4-8(6)15/h1-4H,(H2,14,15,16). The van der Waals surface area contributed by atoms with Crippen molar-refractivity contribution in [3.8, 4) is 11.6 Å². The van der Waals surface area contributed by atoms with E-state index in [4.69, 9.17) is 5.11 Å². The lowest BCUT2D eigenvalue weighted by molar-refractivity contribution is -0.137. The van der Waals surface area contributed by atoms with E-state index in [2.05, 4.69) is 4.98 Å². The SMILES string of the molecule is Oc1cc(O)c2ccc(C(F)(F)F)cc2n1. The molecule has 0 radical (unpaired) electrons. The number of halogens is 3. The predicted molar refractivity (Wildman–Crippen MR) is 50.1 cm³/mol. The van der Waals surface area contributed by atoms with Crippen LogP contribution in [0.2, 0.25) is 0 Å². The molecule has 2 rings (SSSR count). The Balaban J connectivity index is 2.71. The van der Waals surface area contributed by atoms with Crippen LogP contribution in [0, 0.1) is 0 Å². The summed E-state index contributed by atoms with van der Waals surface area (Å²) in [4.78, 5) is 3.51. The van der Waals surface area contributed by atoms with Crippen LogP contribution in [-0.2, 0) is 6.18 Å². The molecule has 0 aliphatic heterocycles. The molecule has 1 heterocycles. The lowest BCUT2D eigenvalue weighted by Gasteiger charge is -2.08. The van der Waals surface area contributed by atoms with Crippen molar-refractivity contribution < 1.29 is 23.4 Å². The average Bonchev–Trinajstić information content (AvgIpc) is 2.15. The number of rotatable bonds is 0. The number of benzene rings is 1. The molecule has 6 heteroatoms. The van der Waals surface area contributed by atoms with Crippen LogP contribution in [0.3, 0.4) is 0 Å². The van der Waals surface area contributed by atoms with Crippen molar-refractivity contribution in [2.24, 2.45) is 0 Å². The normalized spacial score (nSPS) is 11.9. The number of alkyl halides is 3. The maximum absolute atomic E-state index is 12.4. The van der Waals surface area contributed by atoms with Gasteiger partial charge in [0.1, 0.15) is 5.75 Å². The second kappa shape index (κ2) is 3.26. The third-order valence-corrected chi connectivity index (χ3v) is 2.10. The fourth-order valence-corrected chi connectivity index (χ4v) is 1.37. The fourth-order valence-electron chi connectivity index (χ4n) is 1.37. The van der Waals surface area contributed by atoms with Gasteiger partial charge in [-0.05, 0) is 18.2 Å². The zero-order chi connectivity index (χ0) is 11.9. The molecule has 0 unspecified atom stereocenters. The van der Waals surface area contributed by atoms with Crippen LogP contribution >= 0.6 is 0 Å². The van der Waals surface area contributed by atoms with Gasteiger partial charge in [-0.15, -0.1) is 0 Å². The molecule has 0 atom stereocenters. The monoisotopic (exact) mass is 229 g/mol. The summed E-state index contributed by atoms with van der Waals surface area (Å²) in [6.45, 7) is 0. The number of fused-ring (bicyclic) bond motifs is 1. The highest BCUT2D eigenvalue weighted by Gasteiger charge is 2.30. The van der Waals surface area contributed by atoms with Crippen molar-refractivity contribution in [2.45, 2.75) is 6.18 Å². The van der Waals surface area contributed by atoms with Crippen molar-refractivity contribution in [1.82, 2.24) is 4.98 Å². The summed E-state index contributed by atoms with van der Waals surface area (Å²) in [6.07, 6.45) is -4.48. The maximum atomic E-state index is 12.4. The van der Waals surface area contributed by atoms with Gasteiger partial charge in [-0.1, -0.05) is 0 Å². The van der Waals surface area contributed by atoms with Gasteiger partial charge in [0.15, 0.2) is 0 Å². The summed E-state index contributed by atoms with van der Waals surface area (Å²) in [7, 11) is 0. The van der Waals surface area contributed by atoms with Crippen molar-refractivity contribution in [1.29, 1.82) is 0 Å². The second-order valence-corrected chi connectivity index (χ2v) is 3.23. The van der Waals surface area contributed by atoms with E-state index >= 15 is 0 Å². The van der Waals surface area contributed by atoms with E-state index in [1.165, 1.54) is 0 Å². The topological polar surface area (TPSA) is 53.4 Å². The van der Waals surface area contributed by atoms with E-state index in [9.17, 15) is 18.3 Å². The highest BCUT2D eigenvalue weighted by Crippen LogP contribution is 2.33. The molecule has 0 fully saturated rings. The van der Waals surface area contributed by atoms with Gasteiger partial charge in [-0.25, -0.2) is 4.98 Å². The highest BCUT2D eigenvalue weighted by molar-refractivity contribution is 5.85. The van der Waals surface area contributed by atoms with Crippen molar-refractivity contribution in [3.63, 3.8) is 0 Å². The first-order valence-corrected chi connectivity index (χ1v) is 4.28. The third kappa shape index (κ3) is 1.73. The second-order valence-electron chi connectivity index (χ2n) is 3.23. The summed E-state index contributed by atoms with van der Waals surface area (Å²) < 4.78 is 37.1. The number of nitrogens with zero attached hydrogens (tertiary/aromatic N) is 1. The molecule has 3 nitrogen and oxygen atoms in total. The molecule has 0 aliphatic rings. The summed E-state index contributed by atoms with van der Waals surface area (Å²) >= 11 is 0. The quantitative estimate of drug-likeness (QED) is 0.730. The Labute approximate surface area is 87.8 Å². The number of hydrogen-bond donors (Lipinski definition) is 2. The molecule has 2 N–H and O–H groups in total. The molecule has 0 bridgehead atoms. The highest BCUT2D eigenvalue weighted by atomic mass is 19.4. The van der Waals surface area contributed by atoms with Gasteiger partial charge in [0, 0.05) is 11.5 Å². The van der Waals surface area contributed by atoms with Crippen LogP contribution in [0.4, 0.5) is 13.2 Å². The van der Waals surface area contributed by atoms with E-state index in [0.29, 0.717) is 0 Å². The summed E-state index contributed by atoms with van der Waals surface area (Å²) in [5, 5.41) is 18.6. The first kappa shape index (κ1) is 10.5. The van der Waals surface area contributed by atoms with Crippen LogP contribution < -0.4 is 0 Å². The molecule has 1 aromatic heterocycles. The zero-order valence-electron chi connectivity index (χ0n) is 7.78. The average molecular weight is 229 g/mol. The first-order chi connectivity index (χ1) is 7.38. The lowest BCUT2D eigenvalue weighted by atomic mass is 10.1. The van der Waals surface area contributed by atoms with Gasteiger partial charge in [-0.2, -0.15) is 13.2 Å². The van der Waals surface area contributed by atoms with Crippen LogP contribution in [0.15, 0.2) is 24.3 Å². The Morgan fingerprint density at radius 3 is 2.38 bits per heavy atom. The fraction of sp³-hybridized carbons (Fsp3) is 0.100. The van der Waals surface area contributed by atoms with E-state index in [-0.39, 0.29) is 16.7 Å². The summed E-state index contributed by atoms with van der Waals surface area (Å²) in [5.41, 5.74) is -0.982. The van der Waals surface area contributed by atoms with Gasteiger partial charge < -0.3 is 10.2 Å². The number of aromatic hydroxyl groups is 2. The number of aromatic nitrogens is 1. The lowest BCUT2D eigenvalue weighted by Crippen LogP contribution is -2.04. The van der Waals surface area contributed by atoms with Gasteiger partial charge in [0.25, 0.3) is 0 Å². The molecule has 0 saturated heterocycles. The first-order valence-electron chi connectivity index (χ1n) is 4.28. The van der Waals surface area contributed by atoms with E-state index in [0.717, 1.165) is 24.3 Å². The summed E-state index contributed by atoms with van der Waals surface area (Å²) in [5.74, 6) is -0.833. The molecule has 0 aliphatic carbocycles. The minimum absolute atomic E-state index is 0.104. The van der Waals surface area contributed by atoms with Crippen LogP contribution in [0.5, 0.6) is 11.6 Å². The van der Waals surface area contributed by atoms with E-state index < -0.39 is 17.6 Å². The van der Waals surface area contributed by atoms with Gasteiger partial charge in [-0.3, -0.25) is 0 Å². The Bertz CT molecular complexity index is 551. The Morgan fingerprint density at radius 2 is 1.75 bits per heavy atom. The molecular weight excluding hydrogens is 223 g/mol. The molecule has 0 saturated carbocycles. The van der Waals surface area contributed by atoms with Gasteiger partial charge in [0.05, 0.1) is 11.1 Å². The van der Waals surface area contributed by atoms with Gasteiger partial charge >= 0.3 is 6.18 Å². The number of pyridine rings is 1. The van der Waals surface area contributed by atoms with Crippen LogP contribution in [0.25, 0.3) is 10.9 Å². The van der Waals surface area contributed by atoms with E-state index in [1.807, 2.05) is 0 Å². The molecule has 84 valence electrons. The number of hydrogen-bond acceptors (Lipinski definition) is 3.